The summed E-state index contributed by atoms with van der Waals surface area (Å²) < 4.78 is 27.4. The number of pyridine rings is 1. The highest BCUT2D eigenvalue weighted by Crippen LogP contribution is 2.24. The Morgan fingerprint density at radius 3 is 2.48 bits per heavy atom. The molecular formula is C22H22N4O2S. The minimum atomic E-state index is -3.70. The molecule has 2 aromatic carbocycles. The topological polar surface area (TPSA) is 86.1 Å². The van der Waals surface area contributed by atoms with Crippen molar-refractivity contribution in [3.63, 3.8) is 0 Å². The van der Waals surface area contributed by atoms with Crippen LogP contribution in [0.1, 0.15) is 31.0 Å². The van der Waals surface area contributed by atoms with Crippen LogP contribution in [-0.2, 0) is 10.0 Å². The number of aromatic nitrogens is 1. The van der Waals surface area contributed by atoms with Gasteiger partial charge in [-0.15, -0.1) is 0 Å². The highest BCUT2D eigenvalue weighted by atomic mass is 32.2. The molecule has 0 saturated carbocycles. The largest absolute Gasteiger partial charge is 0.364 e. The van der Waals surface area contributed by atoms with E-state index in [0.29, 0.717) is 23.6 Å². The van der Waals surface area contributed by atoms with Crippen LogP contribution < -0.4 is 9.62 Å². The van der Waals surface area contributed by atoms with Crippen LogP contribution >= 0.6 is 0 Å². The molecule has 0 aliphatic carbocycles. The molecule has 1 heterocycles. The third-order valence-electron chi connectivity index (χ3n) is 4.54. The third-order valence-corrected chi connectivity index (χ3v) is 6.42. The maximum atomic E-state index is 13.0. The standard InChI is InChI=1S/C22H22N4O2S/c1-3-26(20-10-5-4-6-11-20)29(27,28)21-12-13-22(24-16-21)25-17(2)19-9-7-8-18(14-19)15-23/h4-14,16-17H,3H2,1-2H3,(H,24,25). The molecule has 1 N–H and O–H groups in total. The molecule has 0 radical (unpaired) electrons. The lowest BCUT2D eigenvalue weighted by Gasteiger charge is -2.23. The predicted molar refractivity (Wildman–Crippen MR) is 114 cm³/mol. The summed E-state index contributed by atoms with van der Waals surface area (Å²) in [6, 6.07) is 21.6. The van der Waals surface area contributed by atoms with Gasteiger partial charge in [-0.05, 0) is 55.8 Å². The van der Waals surface area contributed by atoms with Crippen molar-refractivity contribution in [3.8, 4) is 6.07 Å². The molecule has 29 heavy (non-hydrogen) atoms. The minimum absolute atomic E-state index is 0.0882. The molecule has 0 fully saturated rings. The average molecular weight is 407 g/mol. The van der Waals surface area contributed by atoms with Gasteiger partial charge in [0, 0.05) is 18.8 Å². The number of rotatable bonds is 7. The first kappa shape index (κ1) is 20.4. The molecular weight excluding hydrogens is 384 g/mol. The van der Waals surface area contributed by atoms with Gasteiger partial charge in [-0.3, -0.25) is 4.31 Å². The van der Waals surface area contributed by atoms with Crippen molar-refractivity contribution in [2.24, 2.45) is 0 Å². The second-order valence-electron chi connectivity index (χ2n) is 6.49. The zero-order valence-corrected chi connectivity index (χ0v) is 17.1. The highest BCUT2D eigenvalue weighted by Gasteiger charge is 2.23. The van der Waals surface area contributed by atoms with Crippen molar-refractivity contribution >= 4 is 21.5 Å². The molecule has 0 amide bonds. The van der Waals surface area contributed by atoms with Gasteiger partial charge < -0.3 is 5.32 Å². The van der Waals surface area contributed by atoms with Gasteiger partial charge in [0.1, 0.15) is 10.7 Å². The Morgan fingerprint density at radius 2 is 1.86 bits per heavy atom. The summed E-state index contributed by atoms with van der Waals surface area (Å²) in [5.74, 6) is 0.557. The second-order valence-corrected chi connectivity index (χ2v) is 8.35. The van der Waals surface area contributed by atoms with Crippen molar-refractivity contribution in [1.82, 2.24) is 4.98 Å². The molecule has 0 aliphatic heterocycles. The van der Waals surface area contributed by atoms with E-state index in [1.54, 1.807) is 37.3 Å². The Bertz CT molecular complexity index is 1110. The molecule has 1 atom stereocenters. The number of benzene rings is 2. The maximum Gasteiger partial charge on any atom is 0.265 e. The van der Waals surface area contributed by atoms with Crippen molar-refractivity contribution < 1.29 is 8.42 Å². The Kier molecular flexibility index (Phi) is 6.15. The van der Waals surface area contributed by atoms with Crippen LogP contribution in [0.4, 0.5) is 11.5 Å². The van der Waals surface area contributed by atoms with Crippen LogP contribution in [0, 0.1) is 11.3 Å². The molecule has 3 aromatic rings. The monoisotopic (exact) mass is 406 g/mol. The number of anilines is 2. The van der Waals surface area contributed by atoms with Crippen LogP contribution in [0.15, 0.2) is 77.8 Å². The highest BCUT2D eigenvalue weighted by molar-refractivity contribution is 7.92. The van der Waals surface area contributed by atoms with Crippen molar-refractivity contribution in [3.05, 3.63) is 84.1 Å². The number of para-hydroxylation sites is 1. The lowest BCUT2D eigenvalue weighted by Crippen LogP contribution is -2.30. The molecule has 0 bridgehead atoms. The molecule has 0 aliphatic rings. The van der Waals surface area contributed by atoms with E-state index >= 15 is 0 Å². The van der Waals surface area contributed by atoms with Crippen molar-refractivity contribution in [1.29, 1.82) is 5.26 Å². The summed E-state index contributed by atoms with van der Waals surface area (Å²) in [4.78, 5) is 4.41. The number of sulfonamides is 1. The Hall–Kier alpha value is -3.37. The van der Waals surface area contributed by atoms with Crippen LogP contribution in [0.5, 0.6) is 0 Å². The fourth-order valence-electron chi connectivity index (χ4n) is 3.01. The van der Waals surface area contributed by atoms with Gasteiger partial charge in [-0.2, -0.15) is 5.26 Å². The molecule has 1 aromatic heterocycles. The summed E-state index contributed by atoms with van der Waals surface area (Å²) in [5.41, 5.74) is 2.15. The summed E-state index contributed by atoms with van der Waals surface area (Å²) in [6.07, 6.45) is 1.36. The summed E-state index contributed by atoms with van der Waals surface area (Å²) in [7, 11) is -3.70. The van der Waals surface area contributed by atoms with E-state index in [1.807, 2.05) is 43.3 Å². The first-order chi connectivity index (χ1) is 14.0. The predicted octanol–water partition coefficient (Wildman–Crippen LogP) is 4.34. The quantitative estimate of drug-likeness (QED) is 0.631. The molecule has 0 saturated heterocycles. The van der Waals surface area contributed by atoms with E-state index in [-0.39, 0.29) is 10.9 Å². The molecule has 3 rings (SSSR count). The normalized spacial score (nSPS) is 12.0. The van der Waals surface area contributed by atoms with E-state index in [0.717, 1.165) is 5.56 Å². The molecule has 7 heteroatoms. The summed E-state index contributed by atoms with van der Waals surface area (Å²) in [6.45, 7) is 4.07. The van der Waals surface area contributed by atoms with Gasteiger partial charge in [-0.25, -0.2) is 13.4 Å². The average Bonchev–Trinajstić information content (AvgIpc) is 2.75. The number of hydrogen-bond donors (Lipinski definition) is 1. The van der Waals surface area contributed by atoms with E-state index in [1.165, 1.54) is 10.5 Å². The first-order valence-corrected chi connectivity index (χ1v) is 10.7. The lowest BCUT2D eigenvalue weighted by atomic mass is 10.1. The Balaban J connectivity index is 1.79. The lowest BCUT2D eigenvalue weighted by molar-refractivity contribution is 0.591. The smallest absolute Gasteiger partial charge is 0.265 e. The van der Waals surface area contributed by atoms with Crippen LogP contribution in [0.25, 0.3) is 0 Å². The second kappa shape index (κ2) is 8.76. The molecule has 6 nitrogen and oxygen atoms in total. The molecule has 148 valence electrons. The van der Waals surface area contributed by atoms with E-state index < -0.39 is 10.0 Å². The zero-order valence-electron chi connectivity index (χ0n) is 16.3. The fourth-order valence-corrected chi connectivity index (χ4v) is 4.43. The maximum absolute atomic E-state index is 13.0. The van der Waals surface area contributed by atoms with E-state index in [2.05, 4.69) is 16.4 Å². The number of nitrogens with one attached hydrogen (secondary N) is 1. The van der Waals surface area contributed by atoms with E-state index in [9.17, 15) is 8.42 Å². The molecule has 1 unspecified atom stereocenters. The zero-order chi connectivity index (χ0) is 20.9. The van der Waals surface area contributed by atoms with Gasteiger partial charge in [0.15, 0.2) is 0 Å². The van der Waals surface area contributed by atoms with Crippen molar-refractivity contribution in [2.45, 2.75) is 24.8 Å². The van der Waals surface area contributed by atoms with Crippen molar-refractivity contribution in [2.75, 3.05) is 16.2 Å². The van der Waals surface area contributed by atoms with Gasteiger partial charge in [0.25, 0.3) is 10.0 Å². The Labute approximate surface area is 171 Å². The number of hydrogen-bond acceptors (Lipinski definition) is 5. The summed E-state index contributed by atoms with van der Waals surface area (Å²) >= 11 is 0. The van der Waals surface area contributed by atoms with Gasteiger partial charge >= 0.3 is 0 Å². The first-order valence-electron chi connectivity index (χ1n) is 9.26. The molecule has 0 spiro atoms. The van der Waals surface area contributed by atoms with Gasteiger partial charge in [0.2, 0.25) is 0 Å². The van der Waals surface area contributed by atoms with Gasteiger partial charge in [-0.1, -0.05) is 30.3 Å². The fraction of sp³-hybridized carbons (Fsp3) is 0.182. The Morgan fingerprint density at radius 1 is 1.10 bits per heavy atom. The van der Waals surface area contributed by atoms with Crippen LogP contribution in [-0.4, -0.2) is 19.9 Å². The van der Waals surface area contributed by atoms with E-state index in [4.69, 9.17) is 5.26 Å². The minimum Gasteiger partial charge on any atom is -0.364 e. The number of nitriles is 1. The van der Waals surface area contributed by atoms with Crippen LogP contribution in [0.3, 0.4) is 0 Å². The number of nitrogens with zero attached hydrogens (tertiary/aromatic N) is 3. The summed E-state index contributed by atoms with van der Waals surface area (Å²) in [5, 5.41) is 12.3. The van der Waals surface area contributed by atoms with Gasteiger partial charge in [0.05, 0.1) is 17.3 Å². The van der Waals surface area contributed by atoms with Crippen LogP contribution in [0.2, 0.25) is 0 Å². The third kappa shape index (κ3) is 4.55. The SMILES string of the molecule is CCN(c1ccccc1)S(=O)(=O)c1ccc(NC(C)c2cccc(C#N)c2)nc1.